The van der Waals surface area contributed by atoms with E-state index >= 15 is 0 Å². The van der Waals surface area contributed by atoms with Crippen LogP contribution in [-0.2, 0) is 20.5 Å². The second-order valence-corrected chi connectivity index (χ2v) is 9.25. The number of benzene rings is 1. The van der Waals surface area contributed by atoms with E-state index in [1.807, 2.05) is 37.8 Å². The van der Waals surface area contributed by atoms with Crippen molar-refractivity contribution in [1.29, 1.82) is 0 Å². The predicted molar refractivity (Wildman–Crippen MR) is 102 cm³/mol. The van der Waals surface area contributed by atoms with Gasteiger partial charge in [0, 0.05) is 23.1 Å². The van der Waals surface area contributed by atoms with Crippen LogP contribution in [0.3, 0.4) is 0 Å². The van der Waals surface area contributed by atoms with Gasteiger partial charge in [0.05, 0.1) is 11.2 Å². The zero-order valence-electron chi connectivity index (χ0n) is 16.6. The number of nitrogens with zero attached hydrogens (tertiary/aromatic N) is 1. The molecule has 0 aliphatic carbocycles. The van der Waals surface area contributed by atoms with E-state index in [1.165, 1.54) is 5.56 Å². The molecule has 1 amide bonds. The lowest BCUT2D eigenvalue weighted by atomic mass is 9.75. The molecule has 0 N–H and O–H groups in total. The van der Waals surface area contributed by atoms with Gasteiger partial charge in [-0.3, -0.25) is 4.79 Å². The number of anilines is 1. The van der Waals surface area contributed by atoms with E-state index < -0.39 is 23.7 Å². The zero-order valence-corrected chi connectivity index (χ0v) is 16.6. The van der Waals surface area contributed by atoms with Gasteiger partial charge < -0.3 is 14.2 Å². The van der Waals surface area contributed by atoms with Crippen LogP contribution in [0.2, 0.25) is 0 Å². The van der Waals surface area contributed by atoms with Gasteiger partial charge in [-0.25, -0.2) is 0 Å². The number of hydrogen-bond donors (Lipinski definition) is 0. The lowest BCUT2D eigenvalue weighted by Gasteiger charge is -2.36. The van der Waals surface area contributed by atoms with Gasteiger partial charge in [0.2, 0.25) is 5.91 Å². The van der Waals surface area contributed by atoms with Crippen LogP contribution in [0.25, 0.3) is 0 Å². The molecule has 2 heterocycles. The van der Waals surface area contributed by atoms with E-state index in [-0.39, 0.29) is 5.91 Å². The highest BCUT2D eigenvalue weighted by molar-refractivity contribution is 6.64. The first-order valence-corrected chi connectivity index (χ1v) is 9.23. The Morgan fingerprint density at radius 3 is 2.28 bits per heavy atom. The number of amides is 1. The topological polar surface area (TPSA) is 38.8 Å². The Morgan fingerprint density at radius 1 is 1.12 bits per heavy atom. The Kier molecular flexibility index (Phi) is 4.32. The van der Waals surface area contributed by atoms with E-state index in [4.69, 9.17) is 9.31 Å². The molecule has 0 bridgehead atoms. The number of carbonyl (C=O) groups excluding carboxylic acids is 1. The molecule has 0 atom stereocenters. The Morgan fingerprint density at radius 2 is 1.72 bits per heavy atom. The second-order valence-electron chi connectivity index (χ2n) is 9.25. The van der Waals surface area contributed by atoms with Crippen molar-refractivity contribution < 1.29 is 14.1 Å². The highest BCUT2D eigenvalue weighted by atomic mass is 16.7. The maximum atomic E-state index is 13.0. The first-order valence-electron chi connectivity index (χ1n) is 9.23. The molecule has 1 saturated heterocycles. The molecule has 1 aromatic rings. The van der Waals surface area contributed by atoms with Crippen molar-refractivity contribution in [2.45, 2.75) is 72.5 Å². The average molecular weight is 343 g/mol. The van der Waals surface area contributed by atoms with Crippen molar-refractivity contribution >= 4 is 24.2 Å². The smallest absolute Gasteiger partial charge is 0.399 e. The molecule has 2 aliphatic rings. The summed E-state index contributed by atoms with van der Waals surface area (Å²) in [5, 5.41) is 0. The van der Waals surface area contributed by atoms with Gasteiger partial charge >= 0.3 is 7.12 Å². The molecule has 4 nitrogen and oxygen atoms in total. The summed E-state index contributed by atoms with van der Waals surface area (Å²) in [4.78, 5) is 15.0. The molecule has 1 aromatic carbocycles. The number of fused-ring (bicyclic) bond motifs is 1. The van der Waals surface area contributed by atoms with Gasteiger partial charge in [-0.05, 0) is 46.1 Å². The van der Waals surface area contributed by atoms with E-state index in [9.17, 15) is 4.79 Å². The molecule has 25 heavy (non-hydrogen) atoms. The molecule has 3 rings (SSSR count). The van der Waals surface area contributed by atoms with Crippen molar-refractivity contribution in [3.05, 3.63) is 23.8 Å². The average Bonchev–Trinajstić information content (AvgIpc) is 2.72. The maximum absolute atomic E-state index is 13.0. The highest BCUT2D eigenvalue weighted by Gasteiger charge is 2.53. The summed E-state index contributed by atoms with van der Waals surface area (Å²) in [6.45, 7) is 14.9. The van der Waals surface area contributed by atoms with E-state index in [2.05, 4.69) is 33.8 Å². The molecule has 0 aromatic heterocycles. The Labute approximate surface area is 152 Å². The summed E-state index contributed by atoms with van der Waals surface area (Å²) in [7, 11) is -0.451. The Bertz CT molecular complexity index is 675. The Hall–Kier alpha value is -1.33. The lowest BCUT2D eigenvalue weighted by Crippen LogP contribution is -2.48. The minimum Gasteiger partial charge on any atom is -0.399 e. The molecule has 136 valence electrons. The number of hydrogen-bond acceptors (Lipinski definition) is 3. The summed E-state index contributed by atoms with van der Waals surface area (Å²) < 4.78 is 12.5. The monoisotopic (exact) mass is 343 g/mol. The highest BCUT2D eigenvalue weighted by Crippen LogP contribution is 2.38. The SMILES string of the molecule is CC(C)(C)C(=O)N1CCCc2cccc(B3OC(C)(C)C(C)(C)O3)c21. The molecule has 0 saturated carbocycles. The van der Waals surface area contributed by atoms with Gasteiger partial charge in [-0.1, -0.05) is 39.0 Å². The third kappa shape index (κ3) is 3.13. The van der Waals surface area contributed by atoms with Gasteiger partial charge in [-0.2, -0.15) is 0 Å². The van der Waals surface area contributed by atoms with Crippen molar-refractivity contribution in [2.75, 3.05) is 11.4 Å². The predicted octanol–water partition coefficient (Wildman–Crippen LogP) is 3.31. The van der Waals surface area contributed by atoms with Crippen molar-refractivity contribution in [3.8, 4) is 0 Å². The molecular formula is C20H30BNO3. The van der Waals surface area contributed by atoms with Crippen LogP contribution in [0.5, 0.6) is 0 Å². The first kappa shape index (κ1) is 18.5. The van der Waals surface area contributed by atoms with Crippen LogP contribution in [-0.4, -0.2) is 30.8 Å². The van der Waals surface area contributed by atoms with Gasteiger partial charge in [0.15, 0.2) is 0 Å². The Balaban J connectivity index is 2.05. The van der Waals surface area contributed by atoms with Crippen LogP contribution in [0, 0.1) is 5.41 Å². The van der Waals surface area contributed by atoms with E-state index in [1.54, 1.807) is 0 Å². The number of carbonyl (C=O) groups is 1. The number of para-hydroxylation sites is 1. The summed E-state index contributed by atoms with van der Waals surface area (Å²) >= 11 is 0. The molecule has 1 fully saturated rings. The van der Waals surface area contributed by atoms with Crippen molar-refractivity contribution in [3.63, 3.8) is 0 Å². The third-order valence-electron chi connectivity index (χ3n) is 5.64. The zero-order chi connectivity index (χ0) is 18.6. The molecule has 0 unspecified atom stereocenters. The largest absolute Gasteiger partial charge is 0.496 e. The van der Waals surface area contributed by atoms with Crippen LogP contribution in [0.4, 0.5) is 5.69 Å². The molecule has 0 radical (unpaired) electrons. The number of rotatable bonds is 1. The lowest BCUT2D eigenvalue weighted by molar-refractivity contribution is -0.125. The fourth-order valence-electron chi connectivity index (χ4n) is 3.45. The second kappa shape index (κ2) is 5.85. The normalized spacial score (nSPS) is 22.0. The standard InChI is InChI=1S/C20H30BNO3/c1-18(2,3)17(23)22-13-9-11-14-10-8-12-15(16(14)22)21-24-19(4,5)20(6,7)25-21/h8,10,12H,9,11,13H2,1-7H3. The fourth-order valence-corrected chi connectivity index (χ4v) is 3.45. The van der Waals surface area contributed by atoms with E-state index in [0.29, 0.717) is 0 Å². The van der Waals surface area contributed by atoms with Gasteiger partial charge in [-0.15, -0.1) is 0 Å². The number of aryl methyl sites for hydroxylation is 1. The summed E-state index contributed by atoms with van der Waals surface area (Å²) in [5.41, 5.74) is 1.95. The maximum Gasteiger partial charge on any atom is 0.496 e. The van der Waals surface area contributed by atoms with Crippen LogP contribution in [0.15, 0.2) is 18.2 Å². The van der Waals surface area contributed by atoms with Crippen molar-refractivity contribution in [2.24, 2.45) is 5.41 Å². The van der Waals surface area contributed by atoms with E-state index in [0.717, 1.165) is 30.5 Å². The molecule has 0 spiro atoms. The van der Waals surface area contributed by atoms with Crippen LogP contribution >= 0.6 is 0 Å². The van der Waals surface area contributed by atoms with Crippen molar-refractivity contribution in [1.82, 2.24) is 0 Å². The first-order chi connectivity index (χ1) is 11.4. The molecular weight excluding hydrogens is 313 g/mol. The minimum atomic E-state index is -0.451. The summed E-state index contributed by atoms with van der Waals surface area (Å²) in [5.74, 6) is 0.150. The molecule has 2 aliphatic heterocycles. The van der Waals surface area contributed by atoms with Crippen LogP contribution < -0.4 is 10.4 Å². The third-order valence-corrected chi connectivity index (χ3v) is 5.64. The fraction of sp³-hybridized carbons (Fsp3) is 0.650. The van der Waals surface area contributed by atoms with Gasteiger partial charge in [0.1, 0.15) is 0 Å². The molecule has 5 heteroatoms. The quantitative estimate of drug-likeness (QED) is 0.735. The minimum absolute atomic E-state index is 0.150. The summed E-state index contributed by atoms with van der Waals surface area (Å²) in [6.07, 6.45) is 1.97. The van der Waals surface area contributed by atoms with Crippen LogP contribution in [0.1, 0.15) is 60.5 Å². The summed E-state index contributed by atoms with van der Waals surface area (Å²) in [6, 6.07) is 6.20. The van der Waals surface area contributed by atoms with Gasteiger partial charge in [0.25, 0.3) is 0 Å².